The van der Waals surface area contributed by atoms with Gasteiger partial charge in [-0.05, 0) is 23.8 Å². The first-order chi connectivity index (χ1) is 11.1. The molecule has 3 N–H and O–H groups in total. The van der Waals surface area contributed by atoms with Gasteiger partial charge in [0.25, 0.3) is 5.56 Å². The number of benzene rings is 1. The van der Waals surface area contributed by atoms with E-state index in [-0.39, 0.29) is 17.9 Å². The number of nitrogens with zero attached hydrogens (tertiary/aromatic N) is 2. The normalized spacial score (nSPS) is 11.1. The van der Waals surface area contributed by atoms with Crippen molar-refractivity contribution in [2.75, 3.05) is 0 Å². The number of aromatic amines is 1. The highest BCUT2D eigenvalue weighted by Gasteiger charge is 2.10. The molecule has 0 spiro atoms. The van der Waals surface area contributed by atoms with Gasteiger partial charge in [-0.15, -0.1) is 0 Å². The number of pyridine rings is 1. The quantitative estimate of drug-likeness (QED) is 0.768. The maximum Gasteiger partial charge on any atom is 0.387 e. The van der Waals surface area contributed by atoms with Gasteiger partial charge < -0.3 is 10.5 Å². The Balaban J connectivity index is 2.12. The molecule has 8 heteroatoms. The fourth-order valence-electron chi connectivity index (χ4n) is 2.30. The Morgan fingerprint density at radius 3 is 2.74 bits per heavy atom. The molecule has 0 atom stereocenters. The summed E-state index contributed by atoms with van der Waals surface area (Å²) in [6.07, 6.45) is 2.72. The number of rotatable bonds is 4. The predicted molar refractivity (Wildman–Crippen MR) is 80.1 cm³/mol. The molecule has 0 aliphatic heterocycles. The zero-order valence-corrected chi connectivity index (χ0v) is 11.8. The lowest BCUT2D eigenvalue weighted by atomic mass is 10.0. The molecule has 0 radical (unpaired) electrons. The minimum atomic E-state index is -2.92. The second-order valence-electron chi connectivity index (χ2n) is 4.75. The van der Waals surface area contributed by atoms with Crippen molar-refractivity contribution in [3.05, 3.63) is 52.7 Å². The van der Waals surface area contributed by atoms with Crippen LogP contribution in [0.25, 0.3) is 21.9 Å². The zero-order valence-electron chi connectivity index (χ0n) is 11.8. The van der Waals surface area contributed by atoms with Crippen molar-refractivity contribution in [1.82, 2.24) is 15.2 Å². The monoisotopic (exact) mass is 318 g/mol. The van der Waals surface area contributed by atoms with Crippen LogP contribution in [0.3, 0.4) is 0 Å². The van der Waals surface area contributed by atoms with Gasteiger partial charge in [-0.2, -0.15) is 13.9 Å². The Bertz CT molecular complexity index is 911. The molecule has 23 heavy (non-hydrogen) atoms. The lowest BCUT2D eigenvalue weighted by Gasteiger charge is -2.08. The molecule has 0 fully saturated rings. The van der Waals surface area contributed by atoms with Crippen molar-refractivity contribution in [2.24, 2.45) is 5.73 Å². The minimum absolute atomic E-state index is 0.0410. The van der Waals surface area contributed by atoms with E-state index in [4.69, 9.17) is 5.73 Å². The fraction of sp³-hybridized carbons (Fsp3) is 0.133. The molecular formula is C15H12F2N4O2. The topological polar surface area (TPSA) is 93.9 Å². The average molecular weight is 318 g/mol. The number of aromatic nitrogens is 3. The van der Waals surface area contributed by atoms with Gasteiger partial charge >= 0.3 is 6.61 Å². The van der Waals surface area contributed by atoms with Crippen LogP contribution in [0.2, 0.25) is 0 Å². The zero-order chi connectivity index (χ0) is 16.4. The Hall–Kier alpha value is -2.87. The summed E-state index contributed by atoms with van der Waals surface area (Å²) in [5.41, 5.74) is 7.11. The van der Waals surface area contributed by atoms with Gasteiger partial charge in [-0.25, -0.2) is 5.10 Å². The van der Waals surface area contributed by atoms with Crippen LogP contribution in [0.1, 0.15) is 5.69 Å². The average Bonchev–Trinajstić information content (AvgIpc) is 2.54. The molecule has 0 saturated carbocycles. The van der Waals surface area contributed by atoms with E-state index in [1.807, 2.05) is 0 Å². The van der Waals surface area contributed by atoms with Crippen LogP contribution in [0.4, 0.5) is 8.78 Å². The smallest absolute Gasteiger partial charge is 0.387 e. The molecule has 0 aliphatic carbocycles. The summed E-state index contributed by atoms with van der Waals surface area (Å²) >= 11 is 0. The SMILES string of the molecule is NCc1n[nH]c(=O)c2ccc(-c3cncc(OC(F)F)c3)cc12. The molecule has 118 valence electrons. The third-order valence-electron chi connectivity index (χ3n) is 3.33. The van der Waals surface area contributed by atoms with Crippen molar-refractivity contribution >= 4 is 10.8 Å². The molecule has 0 bridgehead atoms. The van der Waals surface area contributed by atoms with Crippen molar-refractivity contribution < 1.29 is 13.5 Å². The molecule has 0 unspecified atom stereocenters. The summed E-state index contributed by atoms with van der Waals surface area (Å²) in [6, 6.07) is 6.50. The number of nitrogens with one attached hydrogen (secondary N) is 1. The van der Waals surface area contributed by atoms with Crippen LogP contribution in [0.5, 0.6) is 5.75 Å². The summed E-state index contributed by atoms with van der Waals surface area (Å²) in [6.45, 7) is -2.76. The third kappa shape index (κ3) is 3.02. The summed E-state index contributed by atoms with van der Waals surface area (Å²) in [5.74, 6) is -0.0410. The van der Waals surface area contributed by atoms with E-state index in [0.29, 0.717) is 27.6 Å². The number of hydrogen-bond donors (Lipinski definition) is 2. The molecule has 2 aromatic heterocycles. The molecule has 0 aliphatic rings. The number of halogens is 2. The summed E-state index contributed by atoms with van der Waals surface area (Å²) < 4.78 is 28.9. The minimum Gasteiger partial charge on any atom is -0.433 e. The molecule has 2 heterocycles. The molecule has 0 amide bonds. The lowest BCUT2D eigenvalue weighted by Crippen LogP contribution is -2.13. The highest BCUT2D eigenvalue weighted by atomic mass is 19.3. The Labute approximate surface area is 128 Å². The first-order valence-corrected chi connectivity index (χ1v) is 6.70. The van der Waals surface area contributed by atoms with E-state index in [1.54, 1.807) is 18.2 Å². The Kier molecular flexibility index (Phi) is 3.98. The number of alkyl halides is 2. The van der Waals surface area contributed by atoms with E-state index in [2.05, 4.69) is 19.9 Å². The first-order valence-electron chi connectivity index (χ1n) is 6.70. The highest BCUT2D eigenvalue weighted by molar-refractivity contribution is 5.88. The van der Waals surface area contributed by atoms with Crippen LogP contribution in [0, 0.1) is 0 Å². The van der Waals surface area contributed by atoms with Gasteiger partial charge in [0, 0.05) is 23.7 Å². The van der Waals surface area contributed by atoms with E-state index >= 15 is 0 Å². The van der Waals surface area contributed by atoms with Crippen molar-refractivity contribution in [2.45, 2.75) is 13.2 Å². The standard InChI is InChI=1S/C15H12F2N4O2/c16-15(17)23-10-3-9(6-19-7-10)8-1-2-11-12(4-8)13(5-18)20-21-14(11)22/h1-4,6-7,15H,5,18H2,(H,21,22). The van der Waals surface area contributed by atoms with Crippen molar-refractivity contribution in [1.29, 1.82) is 0 Å². The third-order valence-corrected chi connectivity index (χ3v) is 3.33. The Morgan fingerprint density at radius 2 is 2.00 bits per heavy atom. The number of ether oxygens (including phenoxy) is 1. The maximum absolute atomic E-state index is 12.3. The largest absolute Gasteiger partial charge is 0.433 e. The van der Waals surface area contributed by atoms with Gasteiger partial charge in [0.05, 0.1) is 17.3 Å². The van der Waals surface area contributed by atoms with Crippen LogP contribution < -0.4 is 16.0 Å². The van der Waals surface area contributed by atoms with Crippen LogP contribution in [-0.2, 0) is 6.54 Å². The van der Waals surface area contributed by atoms with E-state index < -0.39 is 6.61 Å². The molecule has 1 aromatic carbocycles. The summed E-state index contributed by atoms with van der Waals surface area (Å²) in [4.78, 5) is 15.7. The molecule has 6 nitrogen and oxygen atoms in total. The number of hydrogen-bond acceptors (Lipinski definition) is 5. The summed E-state index contributed by atoms with van der Waals surface area (Å²) in [7, 11) is 0. The molecule has 3 rings (SSSR count). The molecular weight excluding hydrogens is 306 g/mol. The van der Waals surface area contributed by atoms with E-state index in [1.165, 1.54) is 18.5 Å². The Morgan fingerprint density at radius 1 is 1.17 bits per heavy atom. The summed E-state index contributed by atoms with van der Waals surface area (Å²) in [5, 5.41) is 7.36. The maximum atomic E-state index is 12.3. The van der Waals surface area contributed by atoms with Crippen LogP contribution >= 0.6 is 0 Å². The van der Waals surface area contributed by atoms with Gasteiger partial charge in [0.1, 0.15) is 5.75 Å². The predicted octanol–water partition coefficient (Wildman–Crippen LogP) is 2.05. The van der Waals surface area contributed by atoms with Crippen LogP contribution in [0.15, 0.2) is 41.5 Å². The van der Waals surface area contributed by atoms with E-state index in [0.717, 1.165) is 0 Å². The van der Waals surface area contributed by atoms with Gasteiger partial charge in [0.2, 0.25) is 0 Å². The number of fused-ring (bicyclic) bond motifs is 1. The second kappa shape index (κ2) is 6.09. The van der Waals surface area contributed by atoms with Gasteiger partial charge in [-0.3, -0.25) is 9.78 Å². The number of nitrogens with two attached hydrogens (primary N) is 1. The van der Waals surface area contributed by atoms with Gasteiger partial charge in [0.15, 0.2) is 0 Å². The van der Waals surface area contributed by atoms with E-state index in [9.17, 15) is 13.6 Å². The van der Waals surface area contributed by atoms with Gasteiger partial charge in [-0.1, -0.05) is 6.07 Å². The first kappa shape index (κ1) is 15.0. The van der Waals surface area contributed by atoms with Crippen molar-refractivity contribution in [3.63, 3.8) is 0 Å². The lowest BCUT2D eigenvalue weighted by molar-refractivity contribution is -0.0500. The second-order valence-corrected chi connectivity index (χ2v) is 4.75. The van der Waals surface area contributed by atoms with Crippen LogP contribution in [-0.4, -0.2) is 21.8 Å². The number of H-pyrrole nitrogens is 1. The molecule has 3 aromatic rings. The van der Waals surface area contributed by atoms with Crippen molar-refractivity contribution in [3.8, 4) is 16.9 Å². The molecule has 0 saturated heterocycles. The fourth-order valence-corrected chi connectivity index (χ4v) is 2.30. The highest BCUT2D eigenvalue weighted by Crippen LogP contribution is 2.26.